The molecule has 0 amide bonds. The molecule has 0 radical (unpaired) electrons. The standard InChI is InChI=1S/C15H20N4O2/c1-9(2)18-5-3-10(8-18)14-17-13(15(20)21)12-7-11(16)4-6-19(12)14/h4,6-7,9-10H,3,5,8,16H2,1-2H3,(H,20,21). The molecule has 6 heteroatoms. The molecule has 0 saturated carbocycles. The topological polar surface area (TPSA) is 83.9 Å². The van der Waals surface area contributed by atoms with Crippen molar-refractivity contribution in [2.24, 2.45) is 0 Å². The number of nitrogens with zero attached hydrogens (tertiary/aromatic N) is 3. The minimum Gasteiger partial charge on any atom is -0.476 e. The summed E-state index contributed by atoms with van der Waals surface area (Å²) in [7, 11) is 0. The Morgan fingerprint density at radius 3 is 2.90 bits per heavy atom. The van der Waals surface area contributed by atoms with Crippen LogP contribution in [0, 0.1) is 0 Å². The Hall–Kier alpha value is -2.08. The van der Waals surface area contributed by atoms with Gasteiger partial charge in [-0.1, -0.05) is 0 Å². The molecule has 112 valence electrons. The van der Waals surface area contributed by atoms with Crippen molar-refractivity contribution in [3.63, 3.8) is 0 Å². The van der Waals surface area contributed by atoms with Gasteiger partial charge in [0.05, 0.1) is 5.52 Å². The molecule has 3 N–H and O–H groups in total. The number of fused-ring (bicyclic) bond motifs is 1. The van der Waals surface area contributed by atoms with Crippen molar-refractivity contribution in [1.82, 2.24) is 14.3 Å². The van der Waals surface area contributed by atoms with Crippen molar-refractivity contribution in [2.45, 2.75) is 32.2 Å². The molecular weight excluding hydrogens is 268 g/mol. The molecule has 2 aromatic heterocycles. The maximum absolute atomic E-state index is 11.4. The van der Waals surface area contributed by atoms with E-state index in [1.54, 1.807) is 12.1 Å². The molecule has 0 aliphatic carbocycles. The minimum absolute atomic E-state index is 0.0836. The largest absolute Gasteiger partial charge is 0.476 e. The number of aromatic carboxylic acids is 1. The summed E-state index contributed by atoms with van der Waals surface area (Å²) in [5.41, 5.74) is 6.98. The summed E-state index contributed by atoms with van der Waals surface area (Å²) >= 11 is 0. The highest BCUT2D eigenvalue weighted by Gasteiger charge is 2.30. The average Bonchev–Trinajstić information content (AvgIpc) is 3.01. The monoisotopic (exact) mass is 288 g/mol. The first-order valence-corrected chi connectivity index (χ1v) is 7.22. The third-order valence-electron chi connectivity index (χ3n) is 4.21. The summed E-state index contributed by atoms with van der Waals surface area (Å²) in [5.74, 6) is 0.0743. The van der Waals surface area contributed by atoms with E-state index in [9.17, 15) is 9.90 Å². The van der Waals surface area contributed by atoms with E-state index in [2.05, 4.69) is 23.7 Å². The van der Waals surface area contributed by atoms with Crippen molar-refractivity contribution < 1.29 is 9.90 Å². The molecule has 0 bridgehead atoms. The Morgan fingerprint density at radius 1 is 1.52 bits per heavy atom. The number of likely N-dealkylation sites (tertiary alicyclic amines) is 1. The second-order valence-corrected chi connectivity index (χ2v) is 5.91. The van der Waals surface area contributed by atoms with Crippen LogP contribution in [0.3, 0.4) is 0 Å². The number of imidazole rings is 1. The summed E-state index contributed by atoms with van der Waals surface area (Å²) in [4.78, 5) is 18.2. The Morgan fingerprint density at radius 2 is 2.29 bits per heavy atom. The van der Waals surface area contributed by atoms with E-state index in [1.165, 1.54) is 0 Å². The number of aromatic nitrogens is 2. The smallest absolute Gasteiger partial charge is 0.356 e. The molecular formula is C15H20N4O2. The molecule has 1 aliphatic heterocycles. The Bertz CT molecular complexity index is 692. The van der Waals surface area contributed by atoms with Gasteiger partial charge in [-0.05, 0) is 38.9 Å². The van der Waals surface area contributed by atoms with Crippen molar-refractivity contribution in [3.8, 4) is 0 Å². The fourth-order valence-electron chi connectivity index (χ4n) is 3.04. The van der Waals surface area contributed by atoms with E-state index in [4.69, 9.17) is 5.73 Å². The van der Waals surface area contributed by atoms with Crippen LogP contribution in [0.15, 0.2) is 18.3 Å². The Kier molecular flexibility index (Phi) is 3.33. The summed E-state index contributed by atoms with van der Waals surface area (Å²) in [6.45, 7) is 6.29. The maximum atomic E-state index is 11.4. The van der Waals surface area contributed by atoms with E-state index in [0.29, 0.717) is 17.2 Å². The lowest BCUT2D eigenvalue weighted by atomic mass is 10.1. The number of nitrogens with two attached hydrogens (primary N) is 1. The van der Waals surface area contributed by atoms with E-state index in [1.807, 2.05) is 10.6 Å². The van der Waals surface area contributed by atoms with Gasteiger partial charge >= 0.3 is 5.97 Å². The fourth-order valence-corrected chi connectivity index (χ4v) is 3.04. The lowest BCUT2D eigenvalue weighted by Crippen LogP contribution is -2.28. The van der Waals surface area contributed by atoms with Crippen LogP contribution in [0.1, 0.15) is 42.5 Å². The summed E-state index contributed by atoms with van der Waals surface area (Å²) in [6.07, 6.45) is 2.82. The molecule has 0 spiro atoms. The van der Waals surface area contributed by atoms with Gasteiger partial charge in [-0.15, -0.1) is 0 Å². The van der Waals surface area contributed by atoms with Crippen molar-refractivity contribution in [2.75, 3.05) is 18.8 Å². The van der Waals surface area contributed by atoms with Gasteiger partial charge in [-0.3, -0.25) is 0 Å². The highest BCUT2D eigenvalue weighted by Crippen LogP contribution is 2.30. The first-order chi connectivity index (χ1) is 9.97. The number of carbonyl (C=O) groups is 1. The number of nitrogen functional groups attached to an aromatic ring is 1. The average molecular weight is 288 g/mol. The van der Waals surface area contributed by atoms with E-state index in [-0.39, 0.29) is 11.6 Å². The van der Waals surface area contributed by atoms with Crippen LogP contribution >= 0.6 is 0 Å². The fraction of sp³-hybridized carbons (Fsp3) is 0.467. The number of hydrogen-bond acceptors (Lipinski definition) is 4. The van der Waals surface area contributed by atoms with Crippen molar-refractivity contribution in [1.29, 1.82) is 0 Å². The first kappa shape index (κ1) is 13.9. The number of rotatable bonds is 3. The van der Waals surface area contributed by atoms with Gasteiger partial charge in [-0.2, -0.15) is 0 Å². The van der Waals surface area contributed by atoms with E-state index < -0.39 is 5.97 Å². The molecule has 1 unspecified atom stereocenters. The maximum Gasteiger partial charge on any atom is 0.356 e. The SMILES string of the molecule is CC(C)N1CCC(c2nc(C(=O)O)c3cc(N)ccn23)C1. The van der Waals surface area contributed by atoms with Gasteiger partial charge in [-0.25, -0.2) is 9.78 Å². The zero-order chi connectivity index (χ0) is 15.1. The Labute approximate surface area is 123 Å². The number of carboxylic acid groups (broad SMARTS) is 1. The van der Waals surface area contributed by atoms with Gasteiger partial charge in [0.15, 0.2) is 5.69 Å². The third-order valence-corrected chi connectivity index (χ3v) is 4.21. The minimum atomic E-state index is -1.01. The van der Waals surface area contributed by atoms with Gasteiger partial charge in [0.25, 0.3) is 0 Å². The number of anilines is 1. The van der Waals surface area contributed by atoms with Crippen LogP contribution in [0.4, 0.5) is 5.69 Å². The van der Waals surface area contributed by atoms with Crippen LogP contribution in [0.5, 0.6) is 0 Å². The number of hydrogen-bond donors (Lipinski definition) is 2. The zero-order valence-electron chi connectivity index (χ0n) is 12.3. The first-order valence-electron chi connectivity index (χ1n) is 7.22. The van der Waals surface area contributed by atoms with Crippen LogP contribution in [-0.4, -0.2) is 44.5 Å². The van der Waals surface area contributed by atoms with Crippen LogP contribution in [0.2, 0.25) is 0 Å². The third kappa shape index (κ3) is 2.35. The van der Waals surface area contributed by atoms with Crippen LogP contribution in [0.25, 0.3) is 5.52 Å². The molecule has 2 aromatic rings. The highest BCUT2D eigenvalue weighted by atomic mass is 16.4. The molecule has 3 heterocycles. The molecule has 1 aliphatic rings. The lowest BCUT2D eigenvalue weighted by molar-refractivity contribution is 0.0693. The second-order valence-electron chi connectivity index (χ2n) is 5.91. The second kappa shape index (κ2) is 5.04. The summed E-state index contributed by atoms with van der Waals surface area (Å²) in [6, 6.07) is 3.95. The van der Waals surface area contributed by atoms with Crippen molar-refractivity contribution in [3.05, 3.63) is 29.8 Å². The predicted octanol–water partition coefficient (Wildman–Crippen LogP) is 1.81. The molecule has 21 heavy (non-hydrogen) atoms. The molecule has 1 atom stereocenters. The molecule has 1 saturated heterocycles. The zero-order valence-corrected chi connectivity index (χ0v) is 12.3. The normalized spacial score (nSPS) is 19.7. The van der Waals surface area contributed by atoms with E-state index >= 15 is 0 Å². The molecule has 3 rings (SSSR count). The lowest BCUT2D eigenvalue weighted by Gasteiger charge is -2.19. The molecule has 6 nitrogen and oxygen atoms in total. The quantitative estimate of drug-likeness (QED) is 0.900. The summed E-state index contributed by atoms with van der Waals surface area (Å²) < 4.78 is 1.87. The van der Waals surface area contributed by atoms with Crippen LogP contribution in [-0.2, 0) is 0 Å². The number of carboxylic acids is 1. The highest BCUT2D eigenvalue weighted by molar-refractivity contribution is 5.94. The predicted molar refractivity (Wildman–Crippen MR) is 80.6 cm³/mol. The van der Waals surface area contributed by atoms with Gasteiger partial charge in [0.2, 0.25) is 0 Å². The van der Waals surface area contributed by atoms with Gasteiger partial charge < -0.3 is 20.1 Å². The van der Waals surface area contributed by atoms with Crippen LogP contribution < -0.4 is 5.73 Å². The Balaban J connectivity index is 2.05. The van der Waals surface area contributed by atoms with E-state index in [0.717, 1.165) is 25.3 Å². The molecule has 1 fully saturated rings. The summed E-state index contributed by atoms with van der Waals surface area (Å²) in [5, 5.41) is 9.34. The molecule has 0 aromatic carbocycles. The van der Waals surface area contributed by atoms with Gasteiger partial charge in [0, 0.05) is 30.4 Å². The van der Waals surface area contributed by atoms with Crippen molar-refractivity contribution >= 4 is 17.2 Å². The van der Waals surface area contributed by atoms with Gasteiger partial charge in [0.1, 0.15) is 5.82 Å². The number of pyridine rings is 1.